The fourth-order valence-electron chi connectivity index (χ4n) is 3.43. The third-order valence-corrected chi connectivity index (χ3v) is 5.80. The van der Waals surface area contributed by atoms with Gasteiger partial charge in [0.25, 0.3) is 0 Å². The van der Waals surface area contributed by atoms with Crippen LogP contribution in [-0.4, -0.2) is 34.5 Å². The number of nitrogens with one attached hydrogen (secondary N) is 1. The van der Waals surface area contributed by atoms with Crippen LogP contribution >= 0.6 is 11.3 Å². The Labute approximate surface area is 183 Å². The summed E-state index contributed by atoms with van der Waals surface area (Å²) >= 11 is 1.32. The van der Waals surface area contributed by atoms with E-state index in [-0.39, 0.29) is 12.5 Å². The molecular weight excluding hydrogens is 412 g/mol. The summed E-state index contributed by atoms with van der Waals surface area (Å²) in [6.07, 6.45) is 0.839. The minimum absolute atomic E-state index is 0.172. The van der Waals surface area contributed by atoms with Gasteiger partial charge in [0, 0.05) is 17.5 Å². The Balaban J connectivity index is 1.37. The van der Waals surface area contributed by atoms with E-state index in [1.54, 1.807) is 12.1 Å². The summed E-state index contributed by atoms with van der Waals surface area (Å²) in [5, 5.41) is 14.0. The number of nitrogens with zero attached hydrogens (tertiary/aromatic N) is 3. The highest BCUT2D eigenvalue weighted by molar-refractivity contribution is 7.14. The van der Waals surface area contributed by atoms with Crippen LogP contribution in [0.4, 0.5) is 9.93 Å². The van der Waals surface area contributed by atoms with Gasteiger partial charge in [-0.25, -0.2) is 9.78 Å². The van der Waals surface area contributed by atoms with Gasteiger partial charge in [-0.15, -0.1) is 11.3 Å². The van der Waals surface area contributed by atoms with Crippen LogP contribution in [0.3, 0.4) is 0 Å². The maximum Gasteiger partial charge on any atom is 0.410 e. The van der Waals surface area contributed by atoms with Gasteiger partial charge in [-0.2, -0.15) is 5.26 Å². The van der Waals surface area contributed by atoms with Crippen LogP contribution in [0.25, 0.3) is 11.3 Å². The zero-order chi connectivity index (χ0) is 21.6. The van der Waals surface area contributed by atoms with E-state index in [2.05, 4.69) is 16.4 Å². The molecule has 0 saturated carbocycles. The Morgan fingerprint density at radius 1 is 1.19 bits per heavy atom. The number of aromatic nitrogens is 1. The number of carbonyl (C=O) groups is 2. The quantitative estimate of drug-likeness (QED) is 0.644. The SMILES string of the molecule is N#Cc1ccc(-c2csc(NC(=O)[C@@H]3CCCN3C(=O)OCc3ccccc3)n2)cc1. The molecule has 0 radical (unpaired) electrons. The van der Waals surface area contributed by atoms with Crippen molar-refractivity contribution < 1.29 is 14.3 Å². The predicted octanol–water partition coefficient (Wildman–Crippen LogP) is 4.42. The minimum Gasteiger partial charge on any atom is -0.445 e. The lowest BCUT2D eigenvalue weighted by atomic mass is 10.1. The molecule has 0 bridgehead atoms. The Morgan fingerprint density at radius 2 is 1.97 bits per heavy atom. The van der Waals surface area contributed by atoms with Gasteiger partial charge in [-0.3, -0.25) is 9.69 Å². The van der Waals surface area contributed by atoms with Crippen molar-refractivity contribution in [2.75, 3.05) is 11.9 Å². The fourth-order valence-corrected chi connectivity index (χ4v) is 4.15. The molecule has 156 valence electrons. The van der Waals surface area contributed by atoms with Crippen LogP contribution in [-0.2, 0) is 16.1 Å². The first-order valence-electron chi connectivity index (χ1n) is 9.88. The van der Waals surface area contributed by atoms with E-state index in [1.807, 2.05) is 47.8 Å². The summed E-state index contributed by atoms with van der Waals surface area (Å²) in [5.74, 6) is -0.269. The highest BCUT2D eigenvalue weighted by atomic mass is 32.1. The molecule has 7 nitrogen and oxygen atoms in total. The van der Waals surface area contributed by atoms with Crippen LogP contribution in [0.1, 0.15) is 24.0 Å². The predicted molar refractivity (Wildman–Crippen MR) is 117 cm³/mol. The van der Waals surface area contributed by atoms with Crippen molar-refractivity contribution in [2.24, 2.45) is 0 Å². The molecule has 31 heavy (non-hydrogen) atoms. The molecule has 1 N–H and O–H groups in total. The number of rotatable bonds is 5. The molecule has 1 atom stereocenters. The fraction of sp³-hybridized carbons (Fsp3) is 0.217. The van der Waals surface area contributed by atoms with Crippen LogP contribution in [0.15, 0.2) is 60.0 Å². The third-order valence-electron chi connectivity index (χ3n) is 5.04. The van der Waals surface area contributed by atoms with Gasteiger partial charge in [0.2, 0.25) is 5.91 Å². The number of benzene rings is 2. The second kappa shape index (κ2) is 9.41. The molecule has 4 rings (SSSR count). The Hall–Kier alpha value is -3.70. The molecular formula is C23H20N4O3S. The summed E-state index contributed by atoms with van der Waals surface area (Å²) in [6, 6.07) is 18.0. The van der Waals surface area contributed by atoms with E-state index in [0.717, 1.165) is 23.2 Å². The van der Waals surface area contributed by atoms with Crippen LogP contribution in [0.5, 0.6) is 0 Å². The molecule has 8 heteroatoms. The first-order chi connectivity index (χ1) is 15.1. The molecule has 0 aliphatic carbocycles. The van der Waals surface area contributed by atoms with Gasteiger partial charge in [0.15, 0.2) is 5.13 Å². The second-order valence-corrected chi connectivity index (χ2v) is 7.97. The summed E-state index contributed by atoms with van der Waals surface area (Å²) in [6.45, 7) is 0.658. The largest absolute Gasteiger partial charge is 0.445 e. The van der Waals surface area contributed by atoms with Crippen molar-refractivity contribution in [3.05, 3.63) is 71.1 Å². The lowest BCUT2D eigenvalue weighted by Crippen LogP contribution is -2.43. The molecule has 2 heterocycles. The van der Waals surface area contributed by atoms with Crippen molar-refractivity contribution in [3.8, 4) is 17.3 Å². The molecule has 1 aliphatic heterocycles. The van der Waals surface area contributed by atoms with Gasteiger partial charge in [0.05, 0.1) is 17.3 Å². The van der Waals surface area contributed by atoms with E-state index in [4.69, 9.17) is 10.00 Å². The van der Waals surface area contributed by atoms with Crippen molar-refractivity contribution in [2.45, 2.75) is 25.5 Å². The first-order valence-corrected chi connectivity index (χ1v) is 10.8. The number of likely N-dealkylation sites (tertiary alicyclic amines) is 1. The van der Waals surface area contributed by atoms with E-state index < -0.39 is 12.1 Å². The van der Waals surface area contributed by atoms with E-state index in [0.29, 0.717) is 23.7 Å². The number of nitriles is 1. The van der Waals surface area contributed by atoms with E-state index >= 15 is 0 Å². The third kappa shape index (κ3) is 4.90. The highest BCUT2D eigenvalue weighted by Gasteiger charge is 2.35. The zero-order valence-electron chi connectivity index (χ0n) is 16.7. The van der Waals surface area contributed by atoms with Crippen molar-refractivity contribution >= 4 is 28.5 Å². The van der Waals surface area contributed by atoms with Crippen molar-refractivity contribution in [3.63, 3.8) is 0 Å². The average molecular weight is 433 g/mol. The number of hydrogen-bond donors (Lipinski definition) is 1. The summed E-state index contributed by atoms with van der Waals surface area (Å²) in [4.78, 5) is 31.3. The maximum atomic E-state index is 12.8. The number of hydrogen-bond acceptors (Lipinski definition) is 6. The molecule has 3 aromatic rings. The van der Waals surface area contributed by atoms with E-state index in [1.165, 1.54) is 16.2 Å². The lowest BCUT2D eigenvalue weighted by Gasteiger charge is -2.22. The number of ether oxygens (including phenoxy) is 1. The molecule has 2 aromatic carbocycles. The van der Waals surface area contributed by atoms with Gasteiger partial charge >= 0.3 is 6.09 Å². The standard InChI is InChI=1S/C23H20N4O3S/c24-13-16-8-10-18(11-9-16)19-15-31-22(25-19)26-21(28)20-7-4-12-27(20)23(29)30-14-17-5-2-1-3-6-17/h1-3,5-6,8-11,15,20H,4,7,12,14H2,(H,25,26,28)/t20-/m0/s1. The Kier molecular flexibility index (Phi) is 6.24. The Morgan fingerprint density at radius 3 is 2.71 bits per heavy atom. The topological polar surface area (TPSA) is 95.3 Å². The molecule has 1 aromatic heterocycles. The smallest absolute Gasteiger partial charge is 0.410 e. The molecule has 2 amide bonds. The van der Waals surface area contributed by atoms with E-state index in [9.17, 15) is 9.59 Å². The highest BCUT2D eigenvalue weighted by Crippen LogP contribution is 2.26. The first kappa shape index (κ1) is 20.6. The molecule has 1 fully saturated rings. The summed E-state index contributed by atoms with van der Waals surface area (Å²) in [7, 11) is 0. The normalized spacial score (nSPS) is 15.3. The zero-order valence-corrected chi connectivity index (χ0v) is 17.5. The van der Waals surface area contributed by atoms with Crippen molar-refractivity contribution in [1.82, 2.24) is 9.88 Å². The van der Waals surface area contributed by atoms with Gasteiger partial charge in [-0.05, 0) is 30.5 Å². The Bertz CT molecular complexity index is 1110. The number of anilines is 1. The summed E-state index contributed by atoms with van der Waals surface area (Å²) < 4.78 is 5.39. The molecule has 1 aliphatic rings. The van der Waals surface area contributed by atoms with Crippen LogP contribution in [0, 0.1) is 11.3 Å². The molecule has 0 unspecified atom stereocenters. The summed E-state index contributed by atoms with van der Waals surface area (Å²) in [5.41, 5.74) is 3.06. The number of thiazole rings is 1. The maximum absolute atomic E-state index is 12.8. The van der Waals surface area contributed by atoms with Gasteiger partial charge < -0.3 is 10.1 Å². The van der Waals surface area contributed by atoms with Gasteiger partial charge in [-0.1, -0.05) is 42.5 Å². The average Bonchev–Trinajstić information content (AvgIpc) is 3.48. The molecule has 1 saturated heterocycles. The lowest BCUT2D eigenvalue weighted by molar-refractivity contribution is -0.120. The van der Waals surface area contributed by atoms with Gasteiger partial charge in [0.1, 0.15) is 12.6 Å². The molecule has 0 spiro atoms. The number of amides is 2. The van der Waals surface area contributed by atoms with Crippen molar-refractivity contribution in [1.29, 1.82) is 5.26 Å². The second-order valence-electron chi connectivity index (χ2n) is 7.11. The monoisotopic (exact) mass is 432 g/mol. The van der Waals surface area contributed by atoms with Crippen LogP contribution in [0.2, 0.25) is 0 Å². The minimum atomic E-state index is -0.578. The number of carbonyl (C=O) groups excluding carboxylic acids is 2. The van der Waals surface area contributed by atoms with Crippen LogP contribution < -0.4 is 5.32 Å².